The van der Waals surface area contributed by atoms with Gasteiger partial charge in [-0.25, -0.2) is 4.79 Å². The van der Waals surface area contributed by atoms with Gasteiger partial charge in [0, 0.05) is 18.8 Å². The van der Waals surface area contributed by atoms with Crippen molar-refractivity contribution in [3.63, 3.8) is 0 Å². The van der Waals surface area contributed by atoms with Crippen molar-refractivity contribution in [2.75, 3.05) is 23.8 Å². The number of hydrogen-bond donors (Lipinski definition) is 4. The van der Waals surface area contributed by atoms with Gasteiger partial charge < -0.3 is 25.3 Å². The molecule has 0 unspecified atom stereocenters. The number of nitrogens with zero attached hydrogens (tertiary/aromatic N) is 2. The molecule has 1 fully saturated rings. The number of rotatable bonds is 7. The molecule has 0 aliphatic carbocycles. The SMILES string of the molecule is C[C@@H](Sc1nnc(NC[C@H]2CCCO2)s1)C(=O)Nc1ccc2[nH]c(=O)[nH]c2c1. The van der Waals surface area contributed by atoms with Gasteiger partial charge >= 0.3 is 5.69 Å². The predicted octanol–water partition coefficient (Wildman–Crippen LogP) is 2.42. The van der Waals surface area contributed by atoms with Gasteiger partial charge in [0.05, 0.1) is 22.4 Å². The number of aromatic nitrogens is 4. The third kappa shape index (κ3) is 4.54. The number of carbonyl (C=O) groups is 1. The predicted molar refractivity (Wildman–Crippen MR) is 110 cm³/mol. The lowest BCUT2D eigenvalue weighted by molar-refractivity contribution is -0.115. The van der Waals surface area contributed by atoms with Gasteiger partial charge in [0.25, 0.3) is 0 Å². The van der Waals surface area contributed by atoms with Gasteiger partial charge in [0.2, 0.25) is 11.0 Å². The zero-order chi connectivity index (χ0) is 19.5. The lowest BCUT2D eigenvalue weighted by atomic mass is 10.2. The van der Waals surface area contributed by atoms with Gasteiger partial charge in [-0.2, -0.15) is 0 Å². The number of fused-ring (bicyclic) bond motifs is 1. The van der Waals surface area contributed by atoms with E-state index >= 15 is 0 Å². The number of hydrogen-bond acceptors (Lipinski definition) is 8. The highest BCUT2D eigenvalue weighted by molar-refractivity contribution is 8.02. The first-order valence-electron chi connectivity index (χ1n) is 8.95. The fraction of sp³-hybridized carbons (Fsp3) is 0.412. The quantitative estimate of drug-likeness (QED) is 0.433. The molecule has 2 atom stereocenters. The molecule has 0 saturated carbocycles. The van der Waals surface area contributed by atoms with E-state index in [1.165, 1.54) is 23.1 Å². The molecule has 0 radical (unpaired) electrons. The highest BCUT2D eigenvalue weighted by Gasteiger charge is 2.19. The number of ether oxygens (including phenoxy) is 1. The number of aromatic amines is 2. The molecular weight excluding hydrogens is 400 g/mol. The molecule has 1 aliphatic heterocycles. The normalized spacial score (nSPS) is 17.7. The molecule has 0 bridgehead atoms. The highest BCUT2D eigenvalue weighted by Crippen LogP contribution is 2.30. The summed E-state index contributed by atoms with van der Waals surface area (Å²) in [7, 11) is 0. The van der Waals surface area contributed by atoms with Crippen molar-refractivity contribution in [3.8, 4) is 0 Å². The van der Waals surface area contributed by atoms with Crippen LogP contribution < -0.4 is 16.3 Å². The van der Waals surface area contributed by atoms with E-state index in [-0.39, 0.29) is 23.0 Å². The van der Waals surface area contributed by atoms with Crippen LogP contribution in [0, 0.1) is 0 Å². The van der Waals surface area contributed by atoms with Crippen LogP contribution in [0.15, 0.2) is 27.3 Å². The van der Waals surface area contributed by atoms with E-state index in [2.05, 4.69) is 30.8 Å². The van der Waals surface area contributed by atoms with Crippen molar-refractivity contribution in [2.24, 2.45) is 0 Å². The molecule has 1 aromatic carbocycles. The maximum atomic E-state index is 12.5. The molecule has 28 heavy (non-hydrogen) atoms. The van der Waals surface area contributed by atoms with E-state index in [4.69, 9.17) is 4.74 Å². The molecule has 2 aromatic heterocycles. The monoisotopic (exact) mass is 420 g/mol. The van der Waals surface area contributed by atoms with E-state index in [1.54, 1.807) is 18.2 Å². The van der Waals surface area contributed by atoms with E-state index in [0.29, 0.717) is 16.7 Å². The smallest absolute Gasteiger partial charge is 0.323 e. The first kappa shape index (κ1) is 19.0. The first-order valence-corrected chi connectivity index (χ1v) is 10.6. The van der Waals surface area contributed by atoms with Crippen LogP contribution in [-0.4, -0.2) is 50.6 Å². The number of amides is 1. The molecule has 1 saturated heterocycles. The summed E-state index contributed by atoms with van der Waals surface area (Å²) in [6.45, 7) is 3.36. The summed E-state index contributed by atoms with van der Waals surface area (Å²) in [6, 6.07) is 5.22. The number of H-pyrrole nitrogens is 2. The largest absolute Gasteiger partial charge is 0.376 e. The van der Waals surface area contributed by atoms with Gasteiger partial charge in [-0.3, -0.25) is 4.79 Å². The third-order valence-electron chi connectivity index (χ3n) is 4.34. The minimum absolute atomic E-state index is 0.147. The second-order valence-corrected chi connectivity index (χ2v) is 9.04. The number of anilines is 2. The molecule has 148 valence electrons. The maximum absolute atomic E-state index is 12.5. The average Bonchev–Trinajstić information content (AvgIpc) is 3.39. The van der Waals surface area contributed by atoms with Crippen LogP contribution in [0.2, 0.25) is 0 Å². The molecule has 3 heterocycles. The minimum Gasteiger partial charge on any atom is -0.376 e. The lowest BCUT2D eigenvalue weighted by Crippen LogP contribution is -2.22. The van der Waals surface area contributed by atoms with Crippen molar-refractivity contribution in [1.82, 2.24) is 20.2 Å². The summed E-state index contributed by atoms with van der Waals surface area (Å²) >= 11 is 2.78. The Labute approximate surface area is 168 Å². The molecule has 4 rings (SSSR count). The Morgan fingerprint density at radius 1 is 1.39 bits per heavy atom. The molecule has 1 amide bonds. The van der Waals surface area contributed by atoms with Gasteiger partial charge in [-0.05, 0) is 38.0 Å². The number of thioether (sulfide) groups is 1. The molecule has 3 aromatic rings. The summed E-state index contributed by atoms with van der Waals surface area (Å²) in [4.78, 5) is 29.2. The summed E-state index contributed by atoms with van der Waals surface area (Å²) in [6.07, 6.45) is 2.40. The van der Waals surface area contributed by atoms with E-state index < -0.39 is 0 Å². The molecular formula is C17H20N6O3S2. The van der Waals surface area contributed by atoms with Gasteiger partial charge in [-0.1, -0.05) is 23.1 Å². The Hall–Kier alpha value is -2.37. The number of nitrogens with one attached hydrogen (secondary N) is 4. The lowest BCUT2D eigenvalue weighted by Gasteiger charge is -2.10. The maximum Gasteiger partial charge on any atom is 0.323 e. The van der Waals surface area contributed by atoms with Crippen LogP contribution in [0.25, 0.3) is 11.0 Å². The number of carbonyl (C=O) groups excluding carboxylic acids is 1. The van der Waals surface area contributed by atoms with E-state index in [0.717, 1.165) is 35.5 Å². The van der Waals surface area contributed by atoms with E-state index in [1.807, 2.05) is 6.92 Å². The van der Waals surface area contributed by atoms with Crippen molar-refractivity contribution in [2.45, 2.75) is 35.5 Å². The molecule has 9 nitrogen and oxygen atoms in total. The number of benzene rings is 1. The summed E-state index contributed by atoms with van der Waals surface area (Å²) in [5.74, 6) is -0.147. The molecule has 4 N–H and O–H groups in total. The van der Waals surface area contributed by atoms with Crippen molar-refractivity contribution in [3.05, 3.63) is 28.7 Å². The first-order chi connectivity index (χ1) is 13.6. The van der Waals surface area contributed by atoms with Crippen molar-refractivity contribution >= 4 is 50.9 Å². The fourth-order valence-corrected chi connectivity index (χ4v) is 4.80. The van der Waals surface area contributed by atoms with Crippen LogP contribution in [0.3, 0.4) is 0 Å². The zero-order valence-corrected chi connectivity index (χ0v) is 16.8. The van der Waals surface area contributed by atoms with Crippen molar-refractivity contribution in [1.29, 1.82) is 0 Å². The van der Waals surface area contributed by atoms with E-state index in [9.17, 15) is 9.59 Å². The zero-order valence-electron chi connectivity index (χ0n) is 15.2. The minimum atomic E-state index is -0.347. The van der Waals surface area contributed by atoms with Gasteiger partial charge in [0.1, 0.15) is 0 Å². The van der Waals surface area contributed by atoms with Crippen LogP contribution in [0.5, 0.6) is 0 Å². The summed E-state index contributed by atoms with van der Waals surface area (Å²) < 4.78 is 6.30. The standard InChI is InChI=1S/C17H20N6O3S2/c1-9(14(24)19-10-4-5-12-13(7-10)21-15(25)20-12)27-17-23-22-16(28-17)18-8-11-3-2-6-26-11/h4-5,7,9,11H,2-3,6,8H2,1H3,(H,18,22)(H,19,24)(H2,20,21,25)/t9-,11-/m1/s1. The Morgan fingerprint density at radius 3 is 3.07 bits per heavy atom. The van der Waals surface area contributed by atoms with Crippen LogP contribution in [0.1, 0.15) is 19.8 Å². The van der Waals surface area contributed by atoms with Gasteiger partial charge in [-0.15, -0.1) is 10.2 Å². The summed E-state index contributed by atoms with van der Waals surface area (Å²) in [5.41, 5.74) is 1.69. The average molecular weight is 421 g/mol. The van der Waals surface area contributed by atoms with Crippen LogP contribution in [0.4, 0.5) is 10.8 Å². The Balaban J connectivity index is 1.31. The highest BCUT2D eigenvalue weighted by atomic mass is 32.2. The molecule has 11 heteroatoms. The second kappa shape index (κ2) is 8.33. The Kier molecular flexibility index (Phi) is 5.64. The van der Waals surface area contributed by atoms with Crippen LogP contribution >= 0.6 is 23.1 Å². The summed E-state index contributed by atoms with van der Waals surface area (Å²) in [5, 5.41) is 14.7. The second-order valence-electron chi connectivity index (χ2n) is 6.48. The Morgan fingerprint density at radius 2 is 2.25 bits per heavy atom. The van der Waals surface area contributed by atoms with Crippen molar-refractivity contribution < 1.29 is 9.53 Å². The Bertz CT molecular complexity index is 1020. The van der Waals surface area contributed by atoms with Gasteiger partial charge in [0.15, 0.2) is 4.34 Å². The number of imidazole rings is 1. The molecule has 0 spiro atoms. The fourth-order valence-electron chi connectivity index (χ4n) is 2.89. The topological polar surface area (TPSA) is 125 Å². The third-order valence-corrected chi connectivity index (χ3v) is 6.41. The molecule has 1 aliphatic rings. The van der Waals surface area contributed by atoms with Crippen LogP contribution in [-0.2, 0) is 9.53 Å².